The van der Waals surface area contributed by atoms with Crippen molar-refractivity contribution in [2.45, 2.75) is 203 Å². The number of nitrogens with one attached hydrogen (secondary N) is 3. The first kappa shape index (κ1) is 73.4. The second-order valence-electron chi connectivity index (χ2n) is 25.8. The van der Waals surface area contributed by atoms with E-state index >= 15 is 14.4 Å². The molecular formula is C63H103N9O14. The Balaban J connectivity index is 2.31. The molecular weight excluding hydrogens is 1110 g/mol. The zero-order valence-corrected chi connectivity index (χ0v) is 55.1. The van der Waals surface area contributed by atoms with E-state index in [1.54, 1.807) is 79.7 Å². The van der Waals surface area contributed by atoms with Crippen molar-refractivity contribution in [3.8, 4) is 5.75 Å². The lowest BCUT2D eigenvalue weighted by Crippen LogP contribution is -2.63. The lowest BCUT2D eigenvalue weighted by Gasteiger charge is -2.41. The number of cyclic esters (lactones) is 1. The minimum absolute atomic E-state index is 0.0172. The van der Waals surface area contributed by atoms with Crippen LogP contribution in [0.15, 0.2) is 24.3 Å². The molecule has 3 rings (SSSR count). The van der Waals surface area contributed by atoms with Crippen LogP contribution in [0, 0.1) is 35.0 Å². The number of rotatable bonds is 14. The van der Waals surface area contributed by atoms with E-state index in [4.69, 9.17) is 14.2 Å². The Kier molecular flexibility index (Phi) is 28.0. The smallest absolute Gasteiger partial charge is 0.329 e. The van der Waals surface area contributed by atoms with Crippen molar-refractivity contribution < 1.29 is 67.0 Å². The number of likely N-dealkylation sites (N-methyl/N-ethyl adjacent to an activating group) is 5. The number of piperidine rings is 1. The van der Waals surface area contributed by atoms with E-state index in [9.17, 15) is 38.4 Å². The highest BCUT2D eigenvalue weighted by Crippen LogP contribution is 2.27. The number of amides is 9. The van der Waals surface area contributed by atoms with Gasteiger partial charge in [-0.2, -0.15) is 0 Å². The number of carbonyl (C=O) groups is 11. The van der Waals surface area contributed by atoms with E-state index in [0.29, 0.717) is 43.4 Å². The van der Waals surface area contributed by atoms with E-state index < -0.39 is 162 Å². The molecule has 2 aliphatic heterocycles. The summed E-state index contributed by atoms with van der Waals surface area (Å²) < 4.78 is 16.9. The third kappa shape index (κ3) is 19.3. The number of hydrogen-bond acceptors (Lipinski definition) is 14. The summed E-state index contributed by atoms with van der Waals surface area (Å²) in [5.74, 6) is -10.3. The highest BCUT2D eigenvalue weighted by Gasteiger charge is 2.46. The van der Waals surface area contributed by atoms with Gasteiger partial charge < -0.3 is 59.6 Å². The Bertz CT molecular complexity index is 2530. The monoisotopic (exact) mass is 1210 g/mol. The molecule has 0 radical (unpaired) electrons. The van der Waals surface area contributed by atoms with Gasteiger partial charge in [-0.3, -0.25) is 47.9 Å². The molecule has 23 nitrogen and oxygen atoms in total. The van der Waals surface area contributed by atoms with Crippen LogP contribution < -0.4 is 20.7 Å². The summed E-state index contributed by atoms with van der Waals surface area (Å²) >= 11 is 0. The largest absolute Gasteiger partial charge is 0.497 e. The first-order valence-electron chi connectivity index (χ1n) is 30.6. The summed E-state index contributed by atoms with van der Waals surface area (Å²) in [5, 5.41) is 8.32. The molecule has 23 heteroatoms. The molecule has 2 heterocycles. The SMILES string of the molecule is CC[C@@H](C)[C@H]1C(=O)NCC(=O)N(C)[C@@H](C(C)C)C(=O)N[C@@H](Cc2ccc(OC)cc2)C(=O)O[C@H](C)C(=O)N2CCCC[C@H]2C(=O)N(C)[C@@H](C(C)C)C(=O)N[C@@H](C(C)C)C(=O)N(C)[C@H](CC(=O)OCCC(C)(C)C)C(=O)N(C)[C@@H]([C@@H](C)CC)C(=O)N1C. The minimum atomic E-state index is -1.58. The number of benzene rings is 1. The fourth-order valence-corrected chi connectivity index (χ4v) is 11.2. The van der Waals surface area contributed by atoms with Gasteiger partial charge in [0.05, 0.1) is 26.7 Å². The van der Waals surface area contributed by atoms with Crippen LogP contribution in [0.3, 0.4) is 0 Å². The van der Waals surface area contributed by atoms with Crippen LogP contribution in [0.4, 0.5) is 0 Å². The van der Waals surface area contributed by atoms with Gasteiger partial charge in [0.25, 0.3) is 5.91 Å². The molecule has 9 amide bonds. The van der Waals surface area contributed by atoms with E-state index in [1.807, 2.05) is 34.6 Å². The van der Waals surface area contributed by atoms with Crippen LogP contribution in [0.1, 0.15) is 147 Å². The van der Waals surface area contributed by atoms with Crippen LogP contribution in [0.25, 0.3) is 0 Å². The Morgan fingerprint density at radius 2 is 1.17 bits per heavy atom. The van der Waals surface area contributed by atoms with Gasteiger partial charge in [0.15, 0.2) is 6.10 Å². The van der Waals surface area contributed by atoms with E-state index in [0.717, 1.165) is 9.80 Å². The zero-order valence-electron chi connectivity index (χ0n) is 55.1. The summed E-state index contributed by atoms with van der Waals surface area (Å²) in [4.78, 5) is 168. The highest BCUT2D eigenvalue weighted by molar-refractivity contribution is 5.99. The predicted molar refractivity (Wildman–Crippen MR) is 324 cm³/mol. The van der Waals surface area contributed by atoms with Crippen molar-refractivity contribution >= 4 is 65.1 Å². The maximum Gasteiger partial charge on any atom is 0.329 e. The third-order valence-electron chi connectivity index (χ3n) is 16.9. The second-order valence-corrected chi connectivity index (χ2v) is 25.8. The summed E-state index contributed by atoms with van der Waals surface area (Å²) in [6, 6.07) is -3.52. The predicted octanol–water partition coefficient (Wildman–Crippen LogP) is 4.21. The summed E-state index contributed by atoms with van der Waals surface area (Å²) in [6.45, 7) is 24.2. The lowest BCUT2D eigenvalue weighted by molar-refractivity contribution is -0.165. The number of fused-ring (bicyclic) bond motifs is 1. The van der Waals surface area contributed by atoms with Crippen LogP contribution in [0.5, 0.6) is 5.75 Å². The zero-order chi connectivity index (χ0) is 65.4. The fourth-order valence-electron chi connectivity index (χ4n) is 11.2. The molecule has 1 aromatic rings. The Morgan fingerprint density at radius 1 is 0.640 bits per heavy atom. The van der Waals surface area contributed by atoms with Crippen molar-refractivity contribution in [3.63, 3.8) is 0 Å². The van der Waals surface area contributed by atoms with Crippen LogP contribution in [-0.4, -0.2) is 211 Å². The standard InChI is InChI=1S/C63H103N9O14/c1-21-39(9)52-54(75)64-35-47(73)68(16)50(37(5)6)55(76)65-44(33-42-26-28-43(84-20)29-27-42)62(83)86-41(11)57(78)72-31-24-23-25-45(72)58(79)69(17)51(38(7)8)56(77)66-49(36(3)4)60(81)67(15)46(34-48(74)85-32-30-63(12,13)14)59(80)71(19)53(40(10)22-2)61(82)70(52)18/h26-29,36-41,44-46,49-53H,21-25,30-35H2,1-20H3,(H,64,75)(H,65,76)(H,66,77)/t39-,40+,41-,44+,45+,46-,49+,50+,51+,52+,53+/m1/s1. The van der Waals surface area contributed by atoms with Crippen LogP contribution in [-0.2, 0) is 68.6 Å². The molecule has 484 valence electrons. The number of methoxy groups -OCH3 is 1. The molecule has 0 saturated carbocycles. The molecule has 0 aliphatic carbocycles. The molecule has 3 N–H and O–H groups in total. The molecule has 2 fully saturated rings. The van der Waals surface area contributed by atoms with Gasteiger partial charge in [-0.1, -0.05) is 115 Å². The van der Waals surface area contributed by atoms with Crippen molar-refractivity contribution in [2.75, 3.05) is 62.0 Å². The molecule has 2 saturated heterocycles. The van der Waals surface area contributed by atoms with Crippen molar-refractivity contribution in [2.24, 2.45) is 35.0 Å². The van der Waals surface area contributed by atoms with E-state index in [2.05, 4.69) is 16.0 Å². The first-order chi connectivity index (χ1) is 40.1. The normalized spacial score (nSPS) is 25.9. The van der Waals surface area contributed by atoms with Gasteiger partial charge in [-0.25, -0.2) is 4.79 Å². The van der Waals surface area contributed by atoms with Gasteiger partial charge in [0.1, 0.15) is 54.1 Å². The van der Waals surface area contributed by atoms with Crippen molar-refractivity contribution in [1.29, 1.82) is 0 Å². The van der Waals surface area contributed by atoms with Gasteiger partial charge >= 0.3 is 11.9 Å². The minimum Gasteiger partial charge on any atom is -0.497 e. The summed E-state index contributed by atoms with van der Waals surface area (Å²) in [7, 11) is 8.49. The topological polar surface area (TPSA) is 271 Å². The van der Waals surface area contributed by atoms with Crippen molar-refractivity contribution in [1.82, 2.24) is 45.3 Å². The van der Waals surface area contributed by atoms with E-state index in [1.165, 1.54) is 68.9 Å². The molecule has 86 heavy (non-hydrogen) atoms. The number of esters is 2. The van der Waals surface area contributed by atoms with Gasteiger partial charge in [0.2, 0.25) is 47.3 Å². The molecule has 0 aromatic heterocycles. The number of carbonyl (C=O) groups excluding carboxylic acids is 11. The van der Waals surface area contributed by atoms with E-state index in [-0.39, 0.29) is 31.4 Å². The molecule has 2 aliphatic rings. The maximum absolute atomic E-state index is 15.3. The lowest BCUT2D eigenvalue weighted by atomic mass is 9.92. The van der Waals surface area contributed by atoms with Gasteiger partial charge in [-0.15, -0.1) is 0 Å². The van der Waals surface area contributed by atoms with Crippen LogP contribution >= 0.6 is 0 Å². The number of nitrogens with zero attached hydrogens (tertiary/aromatic N) is 6. The van der Waals surface area contributed by atoms with Crippen LogP contribution in [0.2, 0.25) is 0 Å². The molecule has 0 spiro atoms. The Morgan fingerprint density at radius 3 is 1.71 bits per heavy atom. The number of hydrogen-bond donors (Lipinski definition) is 3. The average molecular weight is 1210 g/mol. The highest BCUT2D eigenvalue weighted by atomic mass is 16.6. The van der Waals surface area contributed by atoms with Gasteiger partial charge in [0, 0.05) is 48.2 Å². The Hall–Kier alpha value is -6.81. The second kappa shape index (κ2) is 32.8. The first-order valence-corrected chi connectivity index (χ1v) is 30.6. The summed E-state index contributed by atoms with van der Waals surface area (Å²) in [6.07, 6.45) is 0.320. The maximum atomic E-state index is 15.3. The van der Waals surface area contributed by atoms with Gasteiger partial charge in [-0.05, 0) is 85.3 Å². The fraction of sp³-hybridized carbons (Fsp3) is 0.730. The molecule has 0 unspecified atom stereocenters. The Labute approximate surface area is 511 Å². The van der Waals surface area contributed by atoms with Crippen molar-refractivity contribution in [3.05, 3.63) is 29.8 Å². The molecule has 1 aromatic carbocycles. The average Bonchev–Trinajstić information content (AvgIpc) is 1.25. The summed E-state index contributed by atoms with van der Waals surface area (Å²) in [5.41, 5.74) is 0.375. The molecule has 0 bridgehead atoms. The molecule has 11 atom stereocenters. The number of ether oxygens (including phenoxy) is 3. The third-order valence-corrected chi connectivity index (χ3v) is 16.9. The quantitative estimate of drug-likeness (QED) is 0.220.